The highest BCUT2D eigenvalue weighted by atomic mass is 32.2. The number of ether oxygens (including phenoxy) is 3. The zero-order valence-corrected chi connectivity index (χ0v) is 40.6. The Labute approximate surface area is 384 Å². The van der Waals surface area contributed by atoms with Crippen molar-refractivity contribution < 1.29 is 37.9 Å². The number of nitrogens with one attached hydrogen (secondary N) is 1. The minimum absolute atomic E-state index is 0.0424. The maximum absolute atomic E-state index is 13.8. The number of thioether (sulfide) groups is 1. The largest absolute Gasteiger partial charge is 0.543 e. The van der Waals surface area contributed by atoms with Crippen LogP contribution in [-0.4, -0.2) is 68.1 Å². The first-order chi connectivity index (χ1) is 30.6. The zero-order valence-electron chi connectivity index (χ0n) is 38.8. The standard InChI is InChI=1S/C51H65N3O8SSi/c1-11-29-59-49(57)47-36(4)44(58-8)30-45(62-64(9,10)50(6,7)35(2)3)42(47)33-63-34-43(48-52-37(5)54-61-48)53-46(56)28-27-38(31-55)32-60-51(39-21-15-12-16-22-39,40-23-17-13-18-24-40)41-25-19-14-20-26-41/h11-26,30,35,38,43,55H,1,27-29,31-34H2,2-10H3,(H,53,56)/t38?,43-/m0/s1. The molecule has 0 radical (unpaired) electrons. The van der Waals surface area contributed by atoms with Gasteiger partial charge in [-0.15, -0.1) is 0 Å². The Bertz CT molecular complexity index is 2190. The van der Waals surface area contributed by atoms with Gasteiger partial charge in [-0.1, -0.05) is 137 Å². The molecule has 2 atom stereocenters. The van der Waals surface area contributed by atoms with E-state index in [9.17, 15) is 14.7 Å². The van der Waals surface area contributed by atoms with Gasteiger partial charge in [0, 0.05) is 47.6 Å². The fourth-order valence-corrected chi connectivity index (χ4v) is 11.0. The first-order valence-electron chi connectivity index (χ1n) is 21.9. The van der Waals surface area contributed by atoms with Gasteiger partial charge in [-0.25, -0.2) is 4.79 Å². The third kappa shape index (κ3) is 11.7. The number of aromatic nitrogens is 2. The molecule has 0 fully saturated rings. The van der Waals surface area contributed by atoms with Gasteiger partial charge in [-0.05, 0) is 61.0 Å². The van der Waals surface area contributed by atoms with E-state index >= 15 is 0 Å². The monoisotopic (exact) mass is 907 g/mol. The number of esters is 1. The van der Waals surface area contributed by atoms with Crippen molar-refractivity contribution in [2.45, 2.75) is 89.9 Å². The van der Waals surface area contributed by atoms with Crippen molar-refractivity contribution in [2.24, 2.45) is 11.8 Å². The van der Waals surface area contributed by atoms with Crippen molar-refractivity contribution in [3.8, 4) is 11.5 Å². The van der Waals surface area contributed by atoms with E-state index in [0.717, 1.165) is 16.7 Å². The number of aliphatic hydroxyl groups is 1. The molecule has 342 valence electrons. The van der Waals surface area contributed by atoms with Crippen LogP contribution >= 0.6 is 11.8 Å². The number of carbonyl (C=O) groups is 2. The zero-order chi connectivity index (χ0) is 46.5. The number of rotatable bonds is 24. The molecule has 0 saturated carbocycles. The van der Waals surface area contributed by atoms with Crippen LogP contribution in [0.15, 0.2) is 114 Å². The maximum atomic E-state index is 13.8. The van der Waals surface area contributed by atoms with Gasteiger partial charge in [-0.2, -0.15) is 16.7 Å². The first kappa shape index (κ1) is 49.8. The summed E-state index contributed by atoms with van der Waals surface area (Å²) in [5.74, 6) is 1.67. The van der Waals surface area contributed by atoms with Gasteiger partial charge in [0.25, 0.3) is 8.32 Å². The summed E-state index contributed by atoms with van der Waals surface area (Å²) < 4.78 is 31.0. The van der Waals surface area contributed by atoms with E-state index in [1.165, 1.54) is 17.8 Å². The second-order valence-electron chi connectivity index (χ2n) is 17.4. The minimum Gasteiger partial charge on any atom is -0.543 e. The topological polar surface area (TPSA) is 142 Å². The number of benzene rings is 4. The molecule has 0 aliphatic rings. The number of amides is 1. The SMILES string of the molecule is C=CCOC(=O)c1c(C)c(OC)cc(O[Si](C)(C)C(C)(C)C(C)C)c1CSC[C@H](NC(=O)CCC(CO)COC(c1ccccc1)(c1ccccc1)c1ccccc1)c1nc(C)no1. The van der Waals surface area contributed by atoms with Crippen LogP contribution in [0, 0.1) is 25.7 Å². The second-order valence-corrected chi connectivity index (χ2v) is 23.0. The molecule has 0 aliphatic heterocycles. The summed E-state index contributed by atoms with van der Waals surface area (Å²) in [6.07, 6.45) is 2.00. The molecule has 0 spiro atoms. The molecular formula is C51H65N3O8SSi. The van der Waals surface area contributed by atoms with Gasteiger partial charge in [0.2, 0.25) is 11.8 Å². The molecular weight excluding hydrogens is 843 g/mol. The molecule has 0 bridgehead atoms. The third-order valence-corrected chi connectivity index (χ3v) is 18.0. The summed E-state index contributed by atoms with van der Waals surface area (Å²) in [6.45, 7) is 20.6. The predicted molar refractivity (Wildman–Crippen MR) is 256 cm³/mol. The molecule has 13 heteroatoms. The van der Waals surface area contributed by atoms with E-state index in [4.69, 9.17) is 23.2 Å². The number of hydrogen-bond donors (Lipinski definition) is 2. The van der Waals surface area contributed by atoms with Crippen LogP contribution in [0.4, 0.5) is 0 Å². The summed E-state index contributed by atoms with van der Waals surface area (Å²) >= 11 is 1.49. The lowest BCUT2D eigenvalue weighted by atomic mass is 9.80. The van der Waals surface area contributed by atoms with E-state index in [0.29, 0.717) is 57.9 Å². The van der Waals surface area contributed by atoms with Crippen molar-refractivity contribution in [3.05, 3.63) is 155 Å². The lowest BCUT2D eigenvalue weighted by Gasteiger charge is -2.43. The number of methoxy groups -OCH3 is 1. The van der Waals surface area contributed by atoms with E-state index in [-0.39, 0.29) is 49.0 Å². The van der Waals surface area contributed by atoms with Gasteiger partial charge in [-0.3, -0.25) is 4.79 Å². The van der Waals surface area contributed by atoms with Crippen molar-refractivity contribution in [3.63, 3.8) is 0 Å². The van der Waals surface area contributed by atoms with E-state index in [2.05, 4.69) is 62.8 Å². The summed E-state index contributed by atoms with van der Waals surface area (Å²) in [7, 11) is -0.904. The highest BCUT2D eigenvalue weighted by molar-refractivity contribution is 7.98. The number of carbonyl (C=O) groups excluding carboxylic acids is 2. The Kier molecular flexibility index (Phi) is 17.6. The van der Waals surface area contributed by atoms with Crippen LogP contribution in [-0.2, 0) is 25.6 Å². The van der Waals surface area contributed by atoms with Crippen LogP contribution in [0.1, 0.15) is 96.5 Å². The Balaban J connectivity index is 1.36. The Morgan fingerprint density at radius 3 is 2.00 bits per heavy atom. The Morgan fingerprint density at radius 1 is 0.938 bits per heavy atom. The van der Waals surface area contributed by atoms with Crippen LogP contribution in [0.5, 0.6) is 11.5 Å². The number of nitrogens with zero attached hydrogens (tertiary/aromatic N) is 2. The fourth-order valence-electron chi connectivity index (χ4n) is 7.57. The summed E-state index contributed by atoms with van der Waals surface area (Å²) in [5, 5.41) is 17.7. The molecule has 1 heterocycles. The fraction of sp³-hybridized carbons (Fsp3) is 0.412. The Hall–Kier alpha value is -5.21. The predicted octanol–water partition coefficient (Wildman–Crippen LogP) is 10.5. The molecule has 0 aliphatic carbocycles. The van der Waals surface area contributed by atoms with Gasteiger partial charge in [0.05, 0.1) is 19.3 Å². The molecule has 1 aromatic heterocycles. The number of hydrogen-bond acceptors (Lipinski definition) is 11. The average Bonchev–Trinajstić information content (AvgIpc) is 3.73. The minimum atomic E-state index is -2.48. The molecule has 11 nitrogen and oxygen atoms in total. The first-order valence-corrected chi connectivity index (χ1v) is 25.9. The van der Waals surface area contributed by atoms with Crippen LogP contribution in [0.25, 0.3) is 0 Å². The Morgan fingerprint density at radius 2 is 1.52 bits per heavy atom. The highest BCUT2D eigenvalue weighted by Gasteiger charge is 2.46. The van der Waals surface area contributed by atoms with Crippen molar-refractivity contribution in [2.75, 3.05) is 32.7 Å². The quantitative estimate of drug-likeness (QED) is 0.0264. The van der Waals surface area contributed by atoms with Crippen molar-refractivity contribution >= 4 is 32.0 Å². The normalized spacial score (nSPS) is 13.0. The molecule has 5 rings (SSSR count). The van der Waals surface area contributed by atoms with Crippen molar-refractivity contribution in [1.82, 2.24) is 15.5 Å². The molecule has 4 aromatic carbocycles. The molecule has 64 heavy (non-hydrogen) atoms. The van der Waals surface area contributed by atoms with E-state index in [1.54, 1.807) is 14.0 Å². The third-order valence-electron chi connectivity index (χ3n) is 12.5. The van der Waals surface area contributed by atoms with E-state index in [1.807, 2.05) is 104 Å². The molecule has 1 unspecified atom stereocenters. The van der Waals surface area contributed by atoms with Crippen LogP contribution in [0.2, 0.25) is 18.1 Å². The smallest absolute Gasteiger partial charge is 0.339 e. The lowest BCUT2D eigenvalue weighted by Crippen LogP contribution is -2.48. The van der Waals surface area contributed by atoms with Crippen molar-refractivity contribution in [1.29, 1.82) is 0 Å². The van der Waals surface area contributed by atoms with Gasteiger partial charge >= 0.3 is 5.97 Å². The lowest BCUT2D eigenvalue weighted by molar-refractivity contribution is -0.122. The van der Waals surface area contributed by atoms with Gasteiger partial charge in [0.1, 0.15) is 29.7 Å². The number of aryl methyl sites for hydroxylation is 1. The number of aliphatic hydroxyl groups excluding tert-OH is 1. The average molecular weight is 908 g/mol. The molecule has 0 saturated heterocycles. The second kappa shape index (κ2) is 22.6. The molecule has 2 N–H and O–H groups in total. The summed E-state index contributed by atoms with van der Waals surface area (Å²) in [6, 6.07) is 31.4. The molecule has 5 aromatic rings. The summed E-state index contributed by atoms with van der Waals surface area (Å²) in [4.78, 5) is 32.1. The van der Waals surface area contributed by atoms with Crippen LogP contribution < -0.4 is 14.5 Å². The van der Waals surface area contributed by atoms with E-state index < -0.39 is 25.9 Å². The molecule has 1 amide bonds. The van der Waals surface area contributed by atoms with Gasteiger partial charge in [0.15, 0.2) is 5.82 Å². The van der Waals surface area contributed by atoms with Gasteiger partial charge < -0.3 is 33.6 Å². The summed E-state index contributed by atoms with van der Waals surface area (Å²) in [5.41, 5.74) is 3.57. The maximum Gasteiger partial charge on any atom is 0.339 e. The van der Waals surface area contributed by atoms with Crippen LogP contribution in [0.3, 0.4) is 0 Å². The highest BCUT2D eigenvalue weighted by Crippen LogP contribution is 2.47.